The molecule has 7 nitrogen and oxygen atoms in total. The molecule has 4 rings (SSSR count). The fourth-order valence-electron chi connectivity index (χ4n) is 5.32. The van der Waals surface area contributed by atoms with Gasteiger partial charge in [0.25, 0.3) is 5.91 Å². The van der Waals surface area contributed by atoms with Gasteiger partial charge >= 0.3 is 0 Å². The van der Waals surface area contributed by atoms with Crippen LogP contribution in [0, 0.1) is 0 Å². The molecule has 0 radical (unpaired) electrons. The van der Waals surface area contributed by atoms with Crippen LogP contribution in [0.25, 0.3) is 0 Å². The Morgan fingerprint density at radius 2 is 1.96 bits per heavy atom. The molecule has 1 saturated carbocycles. The van der Waals surface area contributed by atoms with Gasteiger partial charge in [-0.2, -0.15) is 0 Å². The van der Waals surface area contributed by atoms with Gasteiger partial charge in [-0.15, -0.1) is 0 Å². The van der Waals surface area contributed by atoms with E-state index in [-0.39, 0.29) is 11.4 Å². The first-order chi connectivity index (χ1) is 13.7. The van der Waals surface area contributed by atoms with Gasteiger partial charge in [0.15, 0.2) is 0 Å². The first-order valence-corrected chi connectivity index (χ1v) is 10.7. The molecule has 3 aliphatic rings. The molecule has 3 heterocycles. The fraction of sp³-hybridized carbons (Fsp3) is 0.762. The highest BCUT2D eigenvalue weighted by Crippen LogP contribution is 2.47. The Bertz CT molecular complexity index is 642. The van der Waals surface area contributed by atoms with Crippen LogP contribution in [0.4, 0.5) is 0 Å². The average Bonchev–Trinajstić information content (AvgIpc) is 2.76. The van der Waals surface area contributed by atoms with Gasteiger partial charge in [-0.25, -0.2) is 4.98 Å². The topological polar surface area (TPSA) is 67.8 Å². The lowest BCUT2D eigenvalue weighted by molar-refractivity contribution is -0.203. The van der Waals surface area contributed by atoms with Gasteiger partial charge in [0.05, 0.1) is 25.5 Å². The number of aromatic nitrogens is 2. The van der Waals surface area contributed by atoms with Crippen molar-refractivity contribution in [3.63, 3.8) is 0 Å². The molecular formula is C21H32N4O3. The molecule has 0 aromatic carbocycles. The Morgan fingerprint density at radius 1 is 1.18 bits per heavy atom. The van der Waals surface area contributed by atoms with Gasteiger partial charge < -0.3 is 14.4 Å². The van der Waals surface area contributed by atoms with Crippen molar-refractivity contribution in [3.05, 3.63) is 24.3 Å². The van der Waals surface area contributed by atoms with E-state index in [9.17, 15) is 4.79 Å². The number of amides is 1. The van der Waals surface area contributed by atoms with E-state index in [2.05, 4.69) is 14.9 Å². The third-order valence-electron chi connectivity index (χ3n) is 6.83. The summed E-state index contributed by atoms with van der Waals surface area (Å²) in [5, 5.41) is 0. The molecule has 1 aliphatic carbocycles. The van der Waals surface area contributed by atoms with Crippen molar-refractivity contribution in [1.29, 1.82) is 0 Å². The summed E-state index contributed by atoms with van der Waals surface area (Å²) < 4.78 is 11.4. The zero-order valence-corrected chi connectivity index (χ0v) is 16.9. The highest BCUT2D eigenvalue weighted by molar-refractivity contribution is 5.92. The highest BCUT2D eigenvalue weighted by atomic mass is 16.5. The Kier molecular flexibility index (Phi) is 6.23. The number of carbonyl (C=O) groups excluding carboxylic acids is 1. The van der Waals surface area contributed by atoms with E-state index in [0.29, 0.717) is 31.1 Å². The normalized spacial score (nSPS) is 25.6. The van der Waals surface area contributed by atoms with E-state index < -0.39 is 0 Å². The third-order valence-corrected chi connectivity index (χ3v) is 6.83. The quantitative estimate of drug-likeness (QED) is 0.696. The van der Waals surface area contributed by atoms with Crippen LogP contribution < -0.4 is 0 Å². The first kappa shape index (κ1) is 19.7. The van der Waals surface area contributed by atoms with Gasteiger partial charge in [0, 0.05) is 50.7 Å². The molecule has 0 N–H and O–H groups in total. The minimum atomic E-state index is 0.00307. The summed E-state index contributed by atoms with van der Waals surface area (Å²) in [6.07, 6.45) is 13.5. The van der Waals surface area contributed by atoms with E-state index in [4.69, 9.17) is 9.47 Å². The predicted molar refractivity (Wildman–Crippen MR) is 105 cm³/mol. The zero-order valence-electron chi connectivity index (χ0n) is 16.9. The molecule has 154 valence electrons. The Labute approximate surface area is 167 Å². The fourth-order valence-corrected chi connectivity index (χ4v) is 5.32. The van der Waals surface area contributed by atoms with Crippen LogP contribution in [-0.2, 0) is 9.47 Å². The van der Waals surface area contributed by atoms with Crippen LogP contribution in [0.2, 0.25) is 0 Å². The summed E-state index contributed by atoms with van der Waals surface area (Å²) in [6, 6.07) is 0.547. The molecule has 1 aromatic rings. The SMILES string of the molecule is COCCOC1CN(C2CCN(C(=O)c3cnccn3)CC2)C12CCCCC2. The van der Waals surface area contributed by atoms with E-state index in [1.165, 1.54) is 32.1 Å². The second kappa shape index (κ2) is 8.84. The number of nitrogens with zero attached hydrogens (tertiary/aromatic N) is 4. The van der Waals surface area contributed by atoms with E-state index in [1.54, 1.807) is 25.7 Å². The van der Waals surface area contributed by atoms with Crippen LogP contribution >= 0.6 is 0 Å². The van der Waals surface area contributed by atoms with E-state index in [1.807, 2.05) is 4.90 Å². The molecule has 7 heteroatoms. The van der Waals surface area contributed by atoms with Crippen LogP contribution in [0.3, 0.4) is 0 Å². The first-order valence-electron chi connectivity index (χ1n) is 10.7. The summed E-state index contributed by atoms with van der Waals surface area (Å²) in [5.41, 5.74) is 0.661. The average molecular weight is 389 g/mol. The van der Waals surface area contributed by atoms with Crippen molar-refractivity contribution < 1.29 is 14.3 Å². The van der Waals surface area contributed by atoms with Crippen LogP contribution in [-0.4, -0.2) is 83.3 Å². The number of piperidine rings is 1. The largest absolute Gasteiger partial charge is 0.382 e. The molecule has 0 bridgehead atoms. The van der Waals surface area contributed by atoms with Gasteiger partial charge in [-0.1, -0.05) is 19.3 Å². The molecule has 1 spiro atoms. The van der Waals surface area contributed by atoms with Gasteiger partial charge in [0.1, 0.15) is 5.69 Å². The predicted octanol–water partition coefficient (Wildman–Crippen LogP) is 2.13. The molecule has 1 aromatic heterocycles. The number of hydrogen-bond acceptors (Lipinski definition) is 6. The molecule has 1 amide bonds. The standard InChI is InChI=1S/C21H32N4O3/c1-27-13-14-28-19-16-25(21(19)7-3-2-4-8-21)17-5-11-24(12-6-17)20(26)18-15-22-9-10-23-18/h9-10,15,17,19H,2-8,11-14,16H2,1H3. The van der Waals surface area contributed by atoms with E-state index >= 15 is 0 Å². The van der Waals surface area contributed by atoms with Crippen molar-refractivity contribution >= 4 is 5.91 Å². The summed E-state index contributed by atoms with van der Waals surface area (Å²) in [4.78, 5) is 25.5. The second-order valence-electron chi connectivity index (χ2n) is 8.28. The molecule has 2 aliphatic heterocycles. The number of carbonyl (C=O) groups is 1. The van der Waals surface area contributed by atoms with Gasteiger partial charge in [-0.3, -0.25) is 14.7 Å². The number of hydrogen-bond donors (Lipinski definition) is 0. The van der Waals surface area contributed by atoms with Crippen LogP contribution in [0.5, 0.6) is 0 Å². The summed E-state index contributed by atoms with van der Waals surface area (Å²) >= 11 is 0. The highest BCUT2D eigenvalue weighted by Gasteiger charge is 2.56. The number of likely N-dealkylation sites (tertiary alicyclic amines) is 2. The minimum absolute atomic E-state index is 0.00307. The van der Waals surface area contributed by atoms with Crippen molar-refractivity contribution in [3.8, 4) is 0 Å². The zero-order chi connectivity index (χ0) is 19.4. The van der Waals surface area contributed by atoms with Crippen molar-refractivity contribution in [2.75, 3.05) is 40.0 Å². The Morgan fingerprint density at radius 3 is 2.64 bits per heavy atom. The maximum atomic E-state index is 12.6. The molecule has 2 saturated heterocycles. The lowest BCUT2D eigenvalue weighted by atomic mass is 9.69. The molecule has 3 fully saturated rings. The number of methoxy groups -OCH3 is 1. The van der Waals surface area contributed by atoms with Crippen LogP contribution in [0.15, 0.2) is 18.6 Å². The van der Waals surface area contributed by atoms with Gasteiger partial charge in [-0.05, 0) is 25.7 Å². The van der Waals surface area contributed by atoms with E-state index in [0.717, 1.165) is 32.5 Å². The minimum Gasteiger partial charge on any atom is -0.382 e. The molecule has 28 heavy (non-hydrogen) atoms. The van der Waals surface area contributed by atoms with Crippen molar-refractivity contribution in [2.24, 2.45) is 0 Å². The number of rotatable bonds is 6. The Balaban J connectivity index is 1.35. The second-order valence-corrected chi connectivity index (χ2v) is 8.28. The number of ether oxygens (including phenoxy) is 2. The summed E-state index contributed by atoms with van der Waals surface area (Å²) in [7, 11) is 1.73. The van der Waals surface area contributed by atoms with Crippen LogP contribution in [0.1, 0.15) is 55.4 Å². The molecular weight excluding hydrogens is 356 g/mol. The smallest absolute Gasteiger partial charge is 0.274 e. The summed E-state index contributed by atoms with van der Waals surface area (Å²) in [5.74, 6) is 0.00307. The summed E-state index contributed by atoms with van der Waals surface area (Å²) in [6.45, 7) is 3.95. The van der Waals surface area contributed by atoms with Crippen molar-refractivity contribution in [1.82, 2.24) is 19.8 Å². The lowest BCUT2D eigenvalue weighted by Gasteiger charge is -2.63. The monoisotopic (exact) mass is 388 g/mol. The molecule has 1 unspecified atom stereocenters. The third kappa shape index (κ3) is 3.80. The van der Waals surface area contributed by atoms with Gasteiger partial charge in [0.2, 0.25) is 0 Å². The maximum absolute atomic E-state index is 12.6. The van der Waals surface area contributed by atoms with Crippen molar-refractivity contribution in [2.45, 2.75) is 62.6 Å². The molecule has 1 atom stereocenters. The maximum Gasteiger partial charge on any atom is 0.274 e. The lowest BCUT2D eigenvalue weighted by Crippen LogP contribution is -2.75. The Hall–Kier alpha value is -1.57.